The van der Waals surface area contributed by atoms with Gasteiger partial charge in [0.2, 0.25) is 5.91 Å². The lowest BCUT2D eigenvalue weighted by molar-refractivity contribution is -0.130. The van der Waals surface area contributed by atoms with E-state index in [0.29, 0.717) is 12.5 Å². The van der Waals surface area contributed by atoms with Crippen LogP contribution >= 0.6 is 11.3 Å². The monoisotopic (exact) mass is 486 g/mol. The zero-order valence-electron chi connectivity index (χ0n) is 21.5. The summed E-state index contributed by atoms with van der Waals surface area (Å²) < 4.78 is 0. The molecule has 0 unspecified atom stereocenters. The van der Waals surface area contributed by atoms with E-state index in [9.17, 15) is 4.79 Å². The van der Waals surface area contributed by atoms with Crippen LogP contribution in [0.4, 0.5) is 0 Å². The van der Waals surface area contributed by atoms with E-state index < -0.39 is 0 Å². The molecule has 3 aromatic heterocycles. The third-order valence-corrected chi connectivity index (χ3v) is 8.10. The molecule has 1 aromatic carbocycles. The smallest absolute Gasteiger partial charge is 0.236 e. The highest BCUT2D eigenvalue weighted by atomic mass is 32.1. The van der Waals surface area contributed by atoms with Crippen LogP contribution in [0.1, 0.15) is 47.2 Å². The van der Waals surface area contributed by atoms with E-state index in [1.807, 2.05) is 25.4 Å². The third-order valence-electron chi connectivity index (χ3n) is 6.89. The van der Waals surface area contributed by atoms with Crippen LogP contribution in [0, 0.1) is 13.8 Å². The molecule has 6 heteroatoms. The molecule has 1 amide bonds. The molecule has 5 rings (SSSR count). The second-order valence-corrected chi connectivity index (χ2v) is 11.4. The van der Waals surface area contributed by atoms with Crippen LogP contribution in [0.15, 0.2) is 36.4 Å². The first-order valence-corrected chi connectivity index (χ1v) is 13.2. The Bertz CT molecular complexity index is 1390. The summed E-state index contributed by atoms with van der Waals surface area (Å²) >= 11 is 1.87. The van der Waals surface area contributed by atoms with Gasteiger partial charge >= 0.3 is 0 Å². The fourth-order valence-electron chi connectivity index (χ4n) is 5.15. The molecule has 0 atom stereocenters. The summed E-state index contributed by atoms with van der Waals surface area (Å²) in [5.41, 5.74) is 9.72. The summed E-state index contributed by atoms with van der Waals surface area (Å²) in [5, 5.41) is 1.30. The zero-order valence-corrected chi connectivity index (χ0v) is 22.3. The van der Waals surface area contributed by atoms with Crippen LogP contribution < -0.4 is 0 Å². The van der Waals surface area contributed by atoms with Gasteiger partial charge in [0.05, 0.1) is 12.2 Å². The molecule has 4 aromatic rings. The second-order valence-electron chi connectivity index (χ2n) is 10.3. The summed E-state index contributed by atoms with van der Waals surface area (Å²) in [6, 6.07) is 13.5. The van der Waals surface area contributed by atoms with Crippen molar-refractivity contribution in [2.45, 2.75) is 46.6 Å². The molecule has 0 fully saturated rings. The van der Waals surface area contributed by atoms with E-state index >= 15 is 0 Å². The highest BCUT2D eigenvalue weighted by Gasteiger charge is 2.23. The minimum Gasteiger partial charge on any atom is -0.354 e. The number of carbonyl (C=O) groups is 1. The fourth-order valence-corrected chi connectivity index (χ4v) is 6.41. The lowest BCUT2D eigenvalue weighted by atomic mass is 9.95. The van der Waals surface area contributed by atoms with E-state index in [-0.39, 0.29) is 5.91 Å². The number of hydrogen-bond acceptors (Lipinski definition) is 4. The van der Waals surface area contributed by atoms with Gasteiger partial charge in [-0.25, -0.2) is 0 Å². The zero-order chi connectivity index (χ0) is 24.9. The van der Waals surface area contributed by atoms with E-state index in [1.54, 1.807) is 4.90 Å². The highest BCUT2D eigenvalue weighted by Crippen LogP contribution is 2.40. The Kier molecular flexibility index (Phi) is 6.28. The van der Waals surface area contributed by atoms with Crippen LogP contribution in [0.5, 0.6) is 0 Å². The van der Waals surface area contributed by atoms with Gasteiger partial charge in [-0.3, -0.25) is 14.7 Å². The third kappa shape index (κ3) is 4.65. The van der Waals surface area contributed by atoms with Crippen LogP contribution in [0.2, 0.25) is 0 Å². The van der Waals surface area contributed by atoms with Crippen molar-refractivity contribution in [3.8, 4) is 21.7 Å². The molecule has 35 heavy (non-hydrogen) atoms. The average Bonchev–Trinajstić information content (AvgIpc) is 3.39. The van der Waals surface area contributed by atoms with Gasteiger partial charge in [0.25, 0.3) is 0 Å². The number of thiophene rings is 1. The van der Waals surface area contributed by atoms with Crippen LogP contribution in [0.25, 0.3) is 32.6 Å². The summed E-state index contributed by atoms with van der Waals surface area (Å²) in [7, 11) is 3.65. The van der Waals surface area contributed by atoms with Crippen molar-refractivity contribution in [1.82, 2.24) is 19.8 Å². The Morgan fingerprint density at radius 2 is 1.86 bits per heavy atom. The minimum absolute atomic E-state index is 0.166. The van der Waals surface area contributed by atoms with Crippen molar-refractivity contribution in [2.24, 2.45) is 0 Å². The number of carbonyl (C=O) groups excluding carboxylic acids is 1. The number of benzene rings is 1. The van der Waals surface area contributed by atoms with Crippen molar-refractivity contribution >= 4 is 28.1 Å². The van der Waals surface area contributed by atoms with Crippen LogP contribution in [-0.2, 0) is 17.8 Å². The first-order chi connectivity index (χ1) is 16.7. The number of fused-ring (bicyclic) bond motifs is 2. The lowest BCUT2D eigenvalue weighted by Crippen LogP contribution is -2.38. The average molecular weight is 487 g/mol. The second kappa shape index (κ2) is 9.25. The molecule has 0 saturated heterocycles. The SMILES string of the molecule is Cc1cc(-c2[nH]c3ccc(-c4cc5c(s4)CN(CC(=O)N(C)C)CC5)cc3c2C(C)C)cc(C)n1. The van der Waals surface area contributed by atoms with Gasteiger partial charge in [-0.15, -0.1) is 11.3 Å². The Balaban J connectivity index is 1.51. The Labute approximate surface area is 211 Å². The predicted molar refractivity (Wildman–Crippen MR) is 146 cm³/mol. The van der Waals surface area contributed by atoms with E-state index in [0.717, 1.165) is 30.9 Å². The van der Waals surface area contributed by atoms with Gasteiger partial charge < -0.3 is 9.88 Å². The molecular formula is C29H34N4OS. The number of nitrogens with one attached hydrogen (secondary N) is 1. The molecule has 0 radical (unpaired) electrons. The number of hydrogen-bond donors (Lipinski definition) is 1. The number of aromatic amines is 1. The van der Waals surface area contributed by atoms with E-state index in [2.05, 4.69) is 79.0 Å². The lowest BCUT2D eigenvalue weighted by Gasteiger charge is -2.27. The van der Waals surface area contributed by atoms with Gasteiger partial charge in [-0.2, -0.15) is 0 Å². The number of aromatic nitrogens is 2. The maximum absolute atomic E-state index is 12.2. The van der Waals surface area contributed by atoms with Crippen molar-refractivity contribution < 1.29 is 4.79 Å². The number of nitrogens with zero attached hydrogens (tertiary/aromatic N) is 3. The quantitative estimate of drug-likeness (QED) is 0.368. The first-order valence-electron chi connectivity index (χ1n) is 12.4. The number of pyridine rings is 1. The molecule has 1 N–H and O–H groups in total. The Hall–Kier alpha value is -2.96. The molecule has 0 saturated carbocycles. The molecule has 0 aliphatic carbocycles. The molecule has 182 valence electrons. The summed E-state index contributed by atoms with van der Waals surface area (Å²) in [5.74, 6) is 0.557. The van der Waals surface area contributed by atoms with Crippen molar-refractivity contribution in [2.75, 3.05) is 27.2 Å². The van der Waals surface area contributed by atoms with Gasteiger partial charge in [-0.05, 0) is 73.2 Å². The van der Waals surface area contributed by atoms with E-state index in [4.69, 9.17) is 0 Å². The molecule has 0 bridgehead atoms. The normalized spacial score (nSPS) is 14.0. The summed E-state index contributed by atoms with van der Waals surface area (Å²) in [4.78, 5) is 27.1. The molecule has 5 nitrogen and oxygen atoms in total. The maximum atomic E-state index is 12.2. The van der Waals surface area contributed by atoms with Gasteiger partial charge in [-0.1, -0.05) is 19.9 Å². The number of aryl methyl sites for hydroxylation is 2. The van der Waals surface area contributed by atoms with Crippen LogP contribution in [-0.4, -0.2) is 52.9 Å². The van der Waals surface area contributed by atoms with Crippen molar-refractivity contribution in [3.63, 3.8) is 0 Å². The first kappa shape index (κ1) is 23.8. The summed E-state index contributed by atoms with van der Waals surface area (Å²) in [6.07, 6.45) is 1.00. The number of H-pyrrole nitrogens is 1. The van der Waals surface area contributed by atoms with Gasteiger partial charge in [0.1, 0.15) is 0 Å². The molecular weight excluding hydrogens is 452 g/mol. The van der Waals surface area contributed by atoms with Gasteiger partial charge in [0, 0.05) is 64.8 Å². The molecule has 1 aliphatic rings. The van der Waals surface area contributed by atoms with Crippen LogP contribution in [0.3, 0.4) is 0 Å². The Morgan fingerprint density at radius 1 is 1.11 bits per heavy atom. The number of amides is 1. The van der Waals surface area contributed by atoms with Crippen molar-refractivity contribution in [3.05, 3.63) is 63.8 Å². The molecule has 4 heterocycles. The predicted octanol–water partition coefficient (Wildman–Crippen LogP) is 6.14. The molecule has 0 spiro atoms. The highest BCUT2D eigenvalue weighted by molar-refractivity contribution is 7.15. The van der Waals surface area contributed by atoms with Gasteiger partial charge in [0.15, 0.2) is 0 Å². The largest absolute Gasteiger partial charge is 0.354 e. The standard InChI is InChI=1S/C29H34N4OS/c1-17(2)28-23-13-20(7-8-24(23)31-29(28)22-11-18(3)30-19(4)12-22)25-14-21-9-10-33(15-26(21)35-25)16-27(34)32(5)6/h7-8,11-14,17,31H,9-10,15-16H2,1-6H3. The minimum atomic E-state index is 0.166. The summed E-state index contributed by atoms with van der Waals surface area (Å²) in [6.45, 7) is 10.9. The number of rotatable bonds is 5. The van der Waals surface area contributed by atoms with E-state index in [1.165, 1.54) is 48.6 Å². The number of likely N-dealkylation sites (N-methyl/N-ethyl adjacent to an activating group) is 1. The fraction of sp³-hybridized carbons (Fsp3) is 0.379. The topological polar surface area (TPSA) is 52.2 Å². The maximum Gasteiger partial charge on any atom is 0.236 e. The molecule has 1 aliphatic heterocycles. The Morgan fingerprint density at radius 3 is 2.54 bits per heavy atom. The van der Waals surface area contributed by atoms with Crippen molar-refractivity contribution in [1.29, 1.82) is 0 Å².